The Morgan fingerprint density at radius 1 is 1.26 bits per heavy atom. The number of aliphatic hydroxyl groups is 1. The lowest BCUT2D eigenvalue weighted by Crippen LogP contribution is -2.49. The van der Waals surface area contributed by atoms with Gasteiger partial charge in [-0.15, -0.1) is 0 Å². The van der Waals surface area contributed by atoms with Crippen molar-refractivity contribution in [1.29, 1.82) is 0 Å². The Kier molecular flexibility index (Phi) is 10.2. The highest BCUT2D eigenvalue weighted by molar-refractivity contribution is 5.99. The standard InChI is InChI=1S/C28H36F3N3O5/c1-18-14-34(19(2)17-35)27(37)23-13-21(32-26(36)11-12-28(29,30)31)7-10-24(23)39-25(18)16-33(3)15-20-5-8-22(38-4)9-6-20/h5-10,13,18-19,25,35H,11-12,14-17H2,1-4H3,(H,32,36)/t18-,19+,25+/m0/s1. The van der Waals surface area contributed by atoms with Crippen LogP contribution in [0.4, 0.5) is 18.9 Å². The number of anilines is 1. The first-order valence-electron chi connectivity index (χ1n) is 12.8. The van der Waals surface area contributed by atoms with Crippen molar-refractivity contribution in [1.82, 2.24) is 9.80 Å². The van der Waals surface area contributed by atoms with Crippen molar-refractivity contribution < 1.29 is 37.3 Å². The summed E-state index contributed by atoms with van der Waals surface area (Å²) >= 11 is 0. The second kappa shape index (κ2) is 13.2. The minimum absolute atomic E-state index is 0.0869. The van der Waals surface area contributed by atoms with Gasteiger partial charge in [0.2, 0.25) is 5.91 Å². The molecule has 0 unspecified atom stereocenters. The number of aliphatic hydroxyl groups excluding tert-OH is 1. The molecule has 0 spiro atoms. The average molecular weight is 552 g/mol. The zero-order valence-electron chi connectivity index (χ0n) is 22.6. The van der Waals surface area contributed by atoms with Gasteiger partial charge in [0.25, 0.3) is 5.91 Å². The van der Waals surface area contributed by atoms with E-state index in [1.165, 1.54) is 12.1 Å². The molecule has 39 heavy (non-hydrogen) atoms. The van der Waals surface area contributed by atoms with Gasteiger partial charge >= 0.3 is 6.18 Å². The number of rotatable bonds is 10. The largest absolute Gasteiger partial charge is 0.497 e. The van der Waals surface area contributed by atoms with Crippen LogP contribution in [0.3, 0.4) is 0 Å². The second-order valence-corrected chi connectivity index (χ2v) is 10.0. The van der Waals surface area contributed by atoms with E-state index in [-0.39, 0.29) is 29.9 Å². The van der Waals surface area contributed by atoms with Crippen LogP contribution < -0.4 is 14.8 Å². The summed E-state index contributed by atoms with van der Waals surface area (Å²) in [6, 6.07) is 11.7. The first-order chi connectivity index (χ1) is 18.4. The van der Waals surface area contributed by atoms with Crippen molar-refractivity contribution in [2.75, 3.05) is 39.2 Å². The van der Waals surface area contributed by atoms with Gasteiger partial charge in [-0.05, 0) is 49.9 Å². The number of nitrogens with one attached hydrogen (secondary N) is 1. The molecule has 0 aliphatic carbocycles. The summed E-state index contributed by atoms with van der Waals surface area (Å²) < 4.78 is 49.1. The molecule has 0 fully saturated rings. The van der Waals surface area contributed by atoms with E-state index in [0.29, 0.717) is 25.4 Å². The van der Waals surface area contributed by atoms with Crippen molar-refractivity contribution in [3.63, 3.8) is 0 Å². The van der Waals surface area contributed by atoms with E-state index >= 15 is 0 Å². The number of ether oxygens (including phenoxy) is 2. The van der Waals surface area contributed by atoms with Gasteiger partial charge in [0.15, 0.2) is 0 Å². The molecular weight excluding hydrogens is 515 g/mol. The molecule has 3 rings (SSSR count). The van der Waals surface area contributed by atoms with E-state index in [1.807, 2.05) is 38.2 Å². The van der Waals surface area contributed by atoms with E-state index in [4.69, 9.17) is 9.47 Å². The van der Waals surface area contributed by atoms with Crippen LogP contribution in [0.2, 0.25) is 0 Å². The van der Waals surface area contributed by atoms with Gasteiger partial charge in [0.1, 0.15) is 17.6 Å². The summed E-state index contributed by atoms with van der Waals surface area (Å²) in [5.41, 5.74) is 1.45. The first kappa shape index (κ1) is 30.2. The van der Waals surface area contributed by atoms with Gasteiger partial charge in [-0.25, -0.2) is 0 Å². The third kappa shape index (κ3) is 8.59. The van der Waals surface area contributed by atoms with E-state index < -0.39 is 36.9 Å². The Balaban J connectivity index is 1.82. The van der Waals surface area contributed by atoms with Crippen LogP contribution in [-0.2, 0) is 11.3 Å². The monoisotopic (exact) mass is 551 g/mol. The van der Waals surface area contributed by atoms with E-state index in [1.54, 1.807) is 25.0 Å². The summed E-state index contributed by atoms with van der Waals surface area (Å²) in [7, 11) is 3.58. The fourth-order valence-electron chi connectivity index (χ4n) is 4.41. The average Bonchev–Trinajstić information content (AvgIpc) is 2.89. The Morgan fingerprint density at radius 2 is 1.95 bits per heavy atom. The second-order valence-electron chi connectivity index (χ2n) is 10.0. The van der Waals surface area contributed by atoms with Crippen molar-refractivity contribution in [2.24, 2.45) is 5.92 Å². The Labute approximate surface area is 226 Å². The van der Waals surface area contributed by atoms with Crippen LogP contribution in [0.5, 0.6) is 11.5 Å². The van der Waals surface area contributed by atoms with Gasteiger partial charge < -0.3 is 24.8 Å². The summed E-state index contributed by atoms with van der Waals surface area (Å²) in [6.45, 7) is 4.99. The first-order valence-corrected chi connectivity index (χ1v) is 12.8. The van der Waals surface area contributed by atoms with Crippen LogP contribution in [-0.4, -0.2) is 78.9 Å². The minimum atomic E-state index is -4.44. The molecule has 11 heteroatoms. The lowest BCUT2D eigenvalue weighted by molar-refractivity contribution is -0.142. The smallest absolute Gasteiger partial charge is 0.389 e. The molecule has 0 saturated heterocycles. The van der Waals surface area contributed by atoms with E-state index in [9.17, 15) is 27.9 Å². The molecule has 1 heterocycles. The van der Waals surface area contributed by atoms with E-state index in [2.05, 4.69) is 10.2 Å². The van der Waals surface area contributed by atoms with Crippen molar-refractivity contribution >= 4 is 17.5 Å². The molecule has 0 bridgehead atoms. The number of methoxy groups -OCH3 is 1. The minimum Gasteiger partial charge on any atom is -0.497 e. The zero-order chi connectivity index (χ0) is 28.7. The molecule has 2 N–H and O–H groups in total. The van der Waals surface area contributed by atoms with Gasteiger partial charge in [0.05, 0.1) is 31.7 Å². The fraction of sp³-hybridized carbons (Fsp3) is 0.500. The number of fused-ring (bicyclic) bond motifs is 1. The van der Waals surface area contributed by atoms with Gasteiger partial charge in [-0.1, -0.05) is 19.1 Å². The number of hydrogen-bond donors (Lipinski definition) is 2. The number of likely N-dealkylation sites (N-methyl/N-ethyl adjacent to an activating group) is 1. The maximum Gasteiger partial charge on any atom is 0.389 e. The number of nitrogens with zero attached hydrogens (tertiary/aromatic N) is 2. The highest BCUT2D eigenvalue weighted by atomic mass is 19.4. The number of carbonyl (C=O) groups is 2. The van der Waals surface area contributed by atoms with Crippen LogP contribution in [0.15, 0.2) is 42.5 Å². The lowest BCUT2D eigenvalue weighted by atomic mass is 9.99. The summed E-state index contributed by atoms with van der Waals surface area (Å²) in [4.78, 5) is 29.3. The van der Waals surface area contributed by atoms with Crippen molar-refractivity contribution in [2.45, 2.75) is 51.6 Å². The van der Waals surface area contributed by atoms with Crippen molar-refractivity contribution in [3.8, 4) is 11.5 Å². The van der Waals surface area contributed by atoms with Gasteiger partial charge in [-0.3, -0.25) is 14.5 Å². The maximum atomic E-state index is 13.5. The number of amides is 2. The Bertz CT molecular complexity index is 1130. The Hall–Kier alpha value is -3.31. The molecule has 3 atom stereocenters. The molecule has 2 aromatic rings. The molecule has 1 aliphatic heterocycles. The summed E-state index contributed by atoms with van der Waals surface area (Å²) in [5.74, 6) is -0.212. The van der Waals surface area contributed by atoms with Crippen molar-refractivity contribution in [3.05, 3.63) is 53.6 Å². The maximum absolute atomic E-state index is 13.5. The number of carbonyl (C=O) groups excluding carboxylic acids is 2. The van der Waals surface area contributed by atoms with Gasteiger partial charge in [-0.2, -0.15) is 13.2 Å². The summed E-state index contributed by atoms with van der Waals surface area (Å²) in [6.07, 6.45) is -6.73. The van der Waals surface area contributed by atoms with Gasteiger partial charge in [0, 0.05) is 37.7 Å². The molecule has 1 aliphatic rings. The Morgan fingerprint density at radius 3 is 2.56 bits per heavy atom. The highest BCUT2D eigenvalue weighted by Crippen LogP contribution is 2.31. The van der Waals surface area contributed by atoms with Crippen LogP contribution in [0.1, 0.15) is 42.6 Å². The fourth-order valence-corrected chi connectivity index (χ4v) is 4.41. The topological polar surface area (TPSA) is 91.3 Å². The highest BCUT2D eigenvalue weighted by Gasteiger charge is 2.34. The third-order valence-corrected chi connectivity index (χ3v) is 6.69. The van der Waals surface area contributed by atoms with E-state index in [0.717, 1.165) is 11.3 Å². The third-order valence-electron chi connectivity index (χ3n) is 6.69. The predicted octanol–water partition coefficient (Wildman–Crippen LogP) is 4.33. The molecule has 2 amide bonds. The number of hydrogen-bond acceptors (Lipinski definition) is 6. The van der Waals surface area contributed by atoms with Crippen LogP contribution in [0, 0.1) is 5.92 Å². The predicted molar refractivity (Wildman–Crippen MR) is 141 cm³/mol. The number of benzene rings is 2. The normalized spacial score (nSPS) is 18.6. The summed E-state index contributed by atoms with van der Waals surface area (Å²) in [5, 5.41) is 12.3. The van der Waals surface area contributed by atoms with Crippen LogP contribution in [0.25, 0.3) is 0 Å². The molecule has 0 aromatic heterocycles. The quantitative estimate of drug-likeness (QED) is 0.457. The molecule has 0 radical (unpaired) electrons. The lowest BCUT2D eigenvalue weighted by Gasteiger charge is -2.38. The molecule has 8 nitrogen and oxygen atoms in total. The SMILES string of the molecule is COc1ccc(CN(C)C[C@H]2Oc3ccc(NC(=O)CCC(F)(F)F)cc3C(=O)N([C@H](C)CO)C[C@@H]2C)cc1. The number of halogens is 3. The molecule has 2 aromatic carbocycles. The number of alkyl halides is 3. The zero-order valence-corrected chi connectivity index (χ0v) is 22.6. The molecular formula is C28H36F3N3O5. The molecule has 0 saturated carbocycles. The molecule has 214 valence electrons. The van der Waals surface area contributed by atoms with Crippen LogP contribution >= 0.6 is 0 Å².